The summed E-state index contributed by atoms with van der Waals surface area (Å²) in [5.41, 5.74) is 7.42. The smallest absolute Gasteiger partial charge is 0.260 e. The fourth-order valence-corrected chi connectivity index (χ4v) is 2.43. The zero-order valence-corrected chi connectivity index (χ0v) is 11.8. The van der Waals surface area contributed by atoms with E-state index in [1.807, 2.05) is 17.0 Å². The number of likely N-dealkylation sites (tertiary alicyclic amines) is 1. The van der Waals surface area contributed by atoms with Crippen LogP contribution < -0.4 is 10.5 Å². The predicted molar refractivity (Wildman–Crippen MR) is 80.7 cm³/mol. The molecule has 2 N–H and O–H groups in total. The van der Waals surface area contributed by atoms with E-state index in [9.17, 15) is 4.79 Å². The lowest BCUT2D eigenvalue weighted by Gasteiger charge is -2.26. The Morgan fingerprint density at radius 1 is 1.35 bits per heavy atom. The Morgan fingerprint density at radius 2 is 2.10 bits per heavy atom. The van der Waals surface area contributed by atoms with E-state index in [0.717, 1.165) is 31.5 Å². The van der Waals surface area contributed by atoms with Crippen LogP contribution in [0.2, 0.25) is 0 Å². The number of amides is 1. The molecule has 1 aromatic rings. The molecule has 0 aliphatic carbocycles. The van der Waals surface area contributed by atoms with Gasteiger partial charge in [0.15, 0.2) is 6.61 Å². The number of nitrogens with two attached hydrogens (primary N) is 1. The second-order valence-corrected chi connectivity index (χ2v) is 5.09. The summed E-state index contributed by atoms with van der Waals surface area (Å²) in [6.07, 6.45) is 5.88. The molecule has 20 heavy (non-hydrogen) atoms. The van der Waals surface area contributed by atoms with Crippen LogP contribution >= 0.6 is 0 Å². The number of ether oxygens (including phenoxy) is 1. The Balaban J connectivity index is 1.95. The van der Waals surface area contributed by atoms with E-state index >= 15 is 0 Å². The lowest BCUT2D eigenvalue weighted by atomic mass is 10.1. The van der Waals surface area contributed by atoms with Crippen LogP contribution in [0.15, 0.2) is 30.9 Å². The standard InChI is InChI=1S/C16H22N2O2/c1-2-6-13-11-14(17)7-8-15(13)20-12-16(19)18-9-4-3-5-10-18/h2,7-8,11H,1,3-6,9-10,12,17H2. The number of carbonyl (C=O) groups is 1. The zero-order chi connectivity index (χ0) is 14.4. The molecule has 0 atom stereocenters. The molecule has 1 amide bonds. The topological polar surface area (TPSA) is 55.6 Å². The number of hydrogen-bond acceptors (Lipinski definition) is 3. The summed E-state index contributed by atoms with van der Waals surface area (Å²) < 4.78 is 5.67. The molecule has 4 heteroatoms. The molecule has 1 aliphatic rings. The Bertz CT molecular complexity index is 479. The minimum absolute atomic E-state index is 0.0612. The molecule has 0 unspecified atom stereocenters. The van der Waals surface area contributed by atoms with Crippen LogP contribution in [0.25, 0.3) is 0 Å². The van der Waals surface area contributed by atoms with Crippen molar-refractivity contribution in [1.29, 1.82) is 0 Å². The summed E-state index contributed by atoms with van der Waals surface area (Å²) in [5.74, 6) is 0.774. The molecule has 1 aromatic carbocycles. The van der Waals surface area contributed by atoms with Gasteiger partial charge < -0.3 is 15.4 Å². The van der Waals surface area contributed by atoms with E-state index in [-0.39, 0.29) is 12.5 Å². The largest absolute Gasteiger partial charge is 0.483 e. The van der Waals surface area contributed by atoms with Crippen molar-refractivity contribution >= 4 is 11.6 Å². The Morgan fingerprint density at radius 3 is 2.80 bits per heavy atom. The van der Waals surface area contributed by atoms with E-state index in [1.165, 1.54) is 6.42 Å². The van der Waals surface area contributed by atoms with Gasteiger partial charge in [0.25, 0.3) is 5.91 Å². The molecular formula is C16H22N2O2. The highest BCUT2D eigenvalue weighted by molar-refractivity contribution is 5.77. The number of carbonyl (C=O) groups excluding carboxylic acids is 1. The van der Waals surface area contributed by atoms with Gasteiger partial charge in [0.2, 0.25) is 0 Å². The fraction of sp³-hybridized carbons (Fsp3) is 0.438. The SMILES string of the molecule is C=CCc1cc(N)ccc1OCC(=O)N1CCCCC1. The number of nitrogen functional groups attached to an aromatic ring is 1. The third-order valence-electron chi connectivity index (χ3n) is 3.51. The molecule has 0 aromatic heterocycles. The van der Waals surface area contributed by atoms with Gasteiger partial charge in [-0.05, 0) is 49.4 Å². The quantitative estimate of drug-likeness (QED) is 0.662. The number of nitrogens with zero attached hydrogens (tertiary/aromatic N) is 1. The van der Waals surface area contributed by atoms with Crippen LogP contribution in [0.4, 0.5) is 5.69 Å². The van der Waals surface area contributed by atoms with Gasteiger partial charge in [-0.3, -0.25) is 4.79 Å². The van der Waals surface area contributed by atoms with Gasteiger partial charge in [-0.15, -0.1) is 6.58 Å². The Labute approximate surface area is 120 Å². The van der Waals surface area contributed by atoms with E-state index in [1.54, 1.807) is 12.1 Å². The average Bonchev–Trinajstić information content (AvgIpc) is 2.47. The Kier molecular flexibility index (Phi) is 5.04. The molecule has 1 heterocycles. The predicted octanol–water partition coefficient (Wildman–Crippen LogP) is 2.39. The van der Waals surface area contributed by atoms with E-state index in [0.29, 0.717) is 17.9 Å². The summed E-state index contributed by atoms with van der Waals surface area (Å²) in [6.45, 7) is 5.52. The van der Waals surface area contributed by atoms with Gasteiger partial charge in [0, 0.05) is 18.8 Å². The first kappa shape index (κ1) is 14.4. The van der Waals surface area contributed by atoms with Gasteiger partial charge in [-0.2, -0.15) is 0 Å². The van der Waals surface area contributed by atoms with Crippen LogP contribution in [0, 0.1) is 0 Å². The van der Waals surface area contributed by atoms with E-state index in [4.69, 9.17) is 10.5 Å². The maximum atomic E-state index is 12.1. The molecule has 0 radical (unpaired) electrons. The molecular weight excluding hydrogens is 252 g/mol. The third kappa shape index (κ3) is 3.76. The van der Waals surface area contributed by atoms with E-state index < -0.39 is 0 Å². The van der Waals surface area contributed by atoms with Gasteiger partial charge in [0.1, 0.15) is 5.75 Å². The van der Waals surface area contributed by atoms with Crippen LogP contribution in [0.5, 0.6) is 5.75 Å². The van der Waals surface area contributed by atoms with Crippen LogP contribution in [0.1, 0.15) is 24.8 Å². The highest BCUT2D eigenvalue weighted by Gasteiger charge is 2.17. The Hall–Kier alpha value is -1.97. The highest BCUT2D eigenvalue weighted by Crippen LogP contribution is 2.22. The van der Waals surface area contributed by atoms with Gasteiger partial charge >= 0.3 is 0 Å². The molecule has 0 spiro atoms. The number of anilines is 1. The van der Waals surface area contributed by atoms with Crippen molar-refractivity contribution in [3.05, 3.63) is 36.4 Å². The number of piperidine rings is 1. The summed E-state index contributed by atoms with van der Waals surface area (Å²) in [5, 5.41) is 0. The zero-order valence-electron chi connectivity index (χ0n) is 11.8. The molecule has 0 saturated carbocycles. The molecule has 0 bridgehead atoms. The minimum atomic E-state index is 0.0612. The molecule has 1 fully saturated rings. The number of allylic oxidation sites excluding steroid dienone is 1. The number of rotatable bonds is 5. The molecule has 108 valence electrons. The van der Waals surface area contributed by atoms with Crippen molar-refractivity contribution in [3.8, 4) is 5.75 Å². The molecule has 1 aliphatic heterocycles. The fourth-order valence-electron chi connectivity index (χ4n) is 2.43. The first-order valence-electron chi connectivity index (χ1n) is 7.10. The summed E-state index contributed by atoms with van der Waals surface area (Å²) in [6, 6.07) is 5.47. The second kappa shape index (κ2) is 6.98. The monoisotopic (exact) mass is 274 g/mol. The van der Waals surface area contributed by atoms with Gasteiger partial charge in [0.05, 0.1) is 0 Å². The maximum Gasteiger partial charge on any atom is 0.260 e. The van der Waals surface area contributed by atoms with Crippen LogP contribution in [0.3, 0.4) is 0 Å². The van der Waals surface area contributed by atoms with Gasteiger partial charge in [-0.25, -0.2) is 0 Å². The van der Waals surface area contributed by atoms with Crippen LogP contribution in [-0.4, -0.2) is 30.5 Å². The number of hydrogen-bond donors (Lipinski definition) is 1. The van der Waals surface area contributed by atoms with Crippen LogP contribution in [-0.2, 0) is 11.2 Å². The van der Waals surface area contributed by atoms with Crippen molar-refractivity contribution in [2.24, 2.45) is 0 Å². The van der Waals surface area contributed by atoms with Crippen molar-refractivity contribution < 1.29 is 9.53 Å². The average molecular weight is 274 g/mol. The first-order valence-corrected chi connectivity index (χ1v) is 7.10. The van der Waals surface area contributed by atoms with Crippen molar-refractivity contribution in [2.45, 2.75) is 25.7 Å². The van der Waals surface area contributed by atoms with Crippen molar-refractivity contribution in [1.82, 2.24) is 4.90 Å². The lowest BCUT2D eigenvalue weighted by molar-refractivity contribution is -0.134. The highest BCUT2D eigenvalue weighted by atomic mass is 16.5. The molecule has 1 saturated heterocycles. The third-order valence-corrected chi connectivity index (χ3v) is 3.51. The normalized spacial score (nSPS) is 14.9. The van der Waals surface area contributed by atoms with E-state index in [2.05, 4.69) is 6.58 Å². The minimum Gasteiger partial charge on any atom is -0.483 e. The second-order valence-electron chi connectivity index (χ2n) is 5.09. The molecule has 2 rings (SSSR count). The lowest BCUT2D eigenvalue weighted by Crippen LogP contribution is -2.38. The summed E-state index contributed by atoms with van der Waals surface area (Å²) >= 11 is 0. The van der Waals surface area contributed by atoms with Gasteiger partial charge in [-0.1, -0.05) is 6.08 Å². The molecule has 4 nitrogen and oxygen atoms in total. The first-order chi connectivity index (χ1) is 9.70. The van der Waals surface area contributed by atoms with Crippen molar-refractivity contribution in [2.75, 3.05) is 25.4 Å². The number of benzene rings is 1. The summed E-state index contributed by atoms with van der Waals surface area (Å²) in [4.78, 5) is 13.9. The van der Waals surface area contributed by atoms with Crippen molar-refractivity contribution in [3.63, 3.8) is 0 Å². The summed E-state index contributed by atoms with van der Waals surface area (Å²) in [7, 11) is 0. The maximum absolute atomic E-state index is 12.1.